The van der Waals surface area contributed by atoms with Gasteiger partial charge in [0.2, 0.25) is 0 Å². The molecule has 1 saturated heterocycles. The molecule has 0 bridgehead atoms. The Morgan fingerprint density at radius 2 is 1.86 bits per heavy atom. The van der Waals surface area contributed by atoms with Crippen LogP contribution >= 0.6 is 11.3 Å². The van der Waals surface area contributed by atoms with Crippen LogP contribution < -0.4 is 10.1 Å². The monoisotopic (exact) mass is 621 g/mol. The first kappa shape index (κ1) is 31.2. The van der Waals surface area contributed by atoms with Crippen LogP contribution in [0, 0.1) is 18.6 Å². The highest BCUT2D eigenvalue weighted by Crippen LogP contribution is 2.35. The van der Waals surface area contributed by atoms with E-state index in [-0.39, 0.29) is 53.4 Å². The van der Waals surface area contributed by atoms with Crippen molar-refractivity contribution in [3.8, 4) is 11.5 Å². The summed E-state index contributed by atoms with van der Waals surface area (Å²) in [6.07, 6.45) is 3.67. The molecule has 0 saturated carbocycles. The first-order valence-corrected chi connectivity index (χ1v) is 15.2. The van der Waals surface area contributed by atoms with Crippen LogP contribution in [0.3, 0.4) is 0 Å². The van der Waals surface area contributed by atoms with Crippen molar-refractivity contribution < 1.29 is 32.6 Å². The quantitative estimate of drug-likeness (QED) is 0.158. The maximum absolute atomic E-state index is 14.9. The molecule has 1 fully saturated rings. The molecule has 11 heteroatoms. The van der Waals surface area contributed by atoms with Crippen LogP contribution in [0.15, 0.2) is 54.7 Å². The summed E-state index contributed by atoms with van der Waals surface area (Å²) < 4.78 is 40.5. The number of carbonyl (C=O) groups excluding carboxylic acids is 3. The number of methoxy groups -OCH3 is 1. The van der Waals surface area contributed by atoms with Crippen molar-refractivity contribution in [3.05, 3.63) is 87.9 Å². The minimum absolute atomic E-state index is 0.122. The number of nitrogens with one attached hydrogen (secondary N) is 1. The van der Waals surface area contributed by atoms with Crippen LogP contribution in [0.1, 0.15) is 45.6 Å². The van der Waals surface area contributed by atoms with Gasteiger partial charge in [-0.15, -0.1) is 11.3 Å². The fourth-order valence-corrected chi connectivity index (χ4v) is 6.35. The molecule has 1 atom stereocenters. The van der Waals surface area contributed by atoms with Crippen molar-refractivity contribution in [3.63, 3.8) is 0 Å². The van der Waals surface area contributed by atoms with Gasteiger partial charge in [-0.05, 0) is 62.1 Å². The van der Waals surface area contributed by atoms with Crippen molar-refractivity contribution in [1.82, 2.24) is 15.2 Å². The number of carbonyl (C=O) groups is 3. The predicted molar refractivity (Wildman–Crippen MR) is 163 cm³/mol. The number of nitrogens with zero attached hydrogens (tertiary/aromatic N) is 2. The number of likely N-dealkylation sites (tertiary alicyclic amines) is 1. The number of aryl methyl sites for hydroxylation is 1. The van der Waals surface area contributed by atoms with Crippen LogP contribution in [0.4, 0.5) is 8.78 Å². The molecule has 2 aromatic carbocycles. The molecule has 0 aliphatic carbocycles. The zero-order valence-corrected chi connectivity index (χ0v) is 25.3. The molecule has 8 nitrogen and oxygen atoms in total. The van der Waals surface area contributed by atoms with E-state index in [2.05, 4.69) is 15.2 Å². The van der Waals surface area contributed by atoms with Gasteiger partial charge in [0.1, 0.15) is 35.0 Å². The molecule has 0 radical (unpaired) electrons. The van der Waals surface area contributed by atoms with Gasteiger partial charge in [0.25, 0.3) is 5.91 Å². The third-order valence-corrected chi connectivity index (χ3v) is 8.71. The summed E-state index contributed by atoms with van der Waals surface area (Å²) in [4.78, 5) is 44.2. The van der Waals surface area contributed by atoms with E-state index >= 15 is 0 Å². The number of fused-ring (bicyclic) bond motifs is 1. The number of halogens is 2. The average molecular weight is 622 g/mol. The maximum Gasteiger partial charge on any atom is 0.323 e. The molecule has 1 amide bonds. The molecule has 0 spiro atoms. The Hall–Kier alpha value is -4.22. The fraction of sp³-hybridized carbons (Fsp3) is 0.333. The van der Waals surface area contributed by atoms with Gasteiger partial charge in [0.15, 0.2) is 0 Å². The normalized spacial score (nSPS) is 15.0. The summed E-state index contributed by atoms with van der Waals surface area (Å²) >= 11 is 1.22. The number of benzene rings is 2. The highest BCUT2D eigenvalue weighted by Gasteiger charge is 2.30. The summed E-state index contributed by atoms with van der Waals surface area (Å²) in [7, 11) is 1.40. The Bertz CT molecular complexity index is 1690. The van der Waals surface area contributed by atoms with Crippen molar-refractivity contribution in [2.75, 3.05) is 26.7 Å². The van der Waals surface area contributed by atoms with Crippen molar-refractivity contribution in [1.29, 1.82) is 0 Å². The van der Waals surface area contributed by atoms with Crippen LogP contribution in [0.5, 0.6) is 11.5 Å². The molecule has 1 unspecified atom stereocenters. The van der Waals surface area contributed by atoms with E-state index in [0.29, 0.717) is 40.4 Å². The highest BCUT2D eigenvalue weighted by molar-refractivity contribution is 7.21. The van der Waals surface area contributed by atoms with Gasteiger partial charge in [-0.2, -0.15) is 0 Å². The number of rotatable bonds is 12. The number of hydrogen-bond acceptors (Lipinski definition) is 8. The van der Waals surface area contributed by atoms with E-state index in [1.54, 1.807) is 36.5 Å². The van der Waals surface area contributed by atoms with E-state index in [9.17, 15) is 23.2 Å². The number of hydrogen-bond donors (Lipinski definition) is 1. The third-order valence-electron chi connectivity index (χ3n) is 7.57. The summed E-state index contributed by atoms with van der Waals surface area (Å²) in [5.41, 5.74) is 1.89. The SMILES string of the molecule is COC(=O)C1CCCN1CCCNC(=O)c1cc2nccc(Oc3ccc(CC(=O)Cc4cc(C)ccc4F)c(F)c3)c2s1. The largest absolute Gasteiger partial charge is 0.468 e. The van der Waals surface area contributed by atoms with Crippen molar-refractivity contribution in [2.45, 2.75) is 45.1 Å². The predicted octanol–water partition coefficient (Wildman–Crippen LogP) is 5.79. The van der Waals surface area contributed by atoms with E-state index in [1.807, 2.05) is 6.92 Å². The Morgan fingerprint density at radius 1 is 1.05 bits per heavy atom. The Labute approximate surface area is 258 Å². The van der Waals surface area contributed by atoms with E-state index in [1.165, 1.54) is 36.6 Å². The second-order valence-corrected chi connectivity index (χ2v) is 11.9. The number of ketones is 1. The summed E-state index contributed by atoms with van der Waals surface area (Å²) in [6, 6.07) is 11.9. The van der Waals surface area contributed by atoms with Crippen LogP contribution in [-0.2, 0) is 27.2 Å². The Balaban J connectivity index is 1.18. The first-order valence-electron chi connectivity index (χ1n) is 14.4. The van der Waals surface area contributed by atoms with E-state index in [0.717, 1.165) is 24.9 Å². The average Bonchev–Trinajstić information content (AvgIpc) is 3.66. The van der Waals surface area contributed by atoms with Gasteiger partial charge in [0.05, 0.1) is 22.2 Å². The lowest BCUT2D eigenvalue weighted by Gasteiger charge is -2.22. The smallest absolute Gasteiger partial charge is 0.323 e. The highest BCUT2D eigenvalue weighted by atomic mass is 32.1. The van der Waals surface area contributed by atoms with Gasteiger partial charge in [0, 0.05) is 44.3 Å². The first-order chi connectivity index (χ1) is 21.2. The molecule has 4 aromatic rings. The molecule has 230 valence electrons. The summed E-state index contributed by atoms with van der Waals surface area (Å²) in [6.45, 7) is 3.78. The summed E-state index contributed by atoms with van der Waals surface area (Å²) in [5, 5.41) is 2.92. The molecule has 2 aromatic heterocycles. The number of Topliss-reactive ketones (excluding diaryl/α,β-unsaturated/α-hetero) is 1. The molecule has 5 rings (SSSR count). The number of aromatic nitrogens is 1. The number of pyridine rings is 1. The van der Waals surface area contributed by atoms with Gasteiger partial charge in [-0.3, -0.25) is 24.3 Å². The summed E-state index contributed by atoms with van der Waals surface area (Å²) in [5.74, 6) is -1.19. The van der Waals surface area contributed by atoms with Crippen LogP contribution in [-0.4, -0.2) is 60.3 Å². The Kier molecular flexibility index (Phi) is 9.96. The lowest BCUT2D eigenvalue weighted by Crippen LogP contribution is -2.38. The lowest BCUT2D eigenvalue weighted by molar-refractivity contribution is -0.145. The minimum Gasteiger partial charge on any atom is -0.468 e. The second kappa shape index (κ2) is 14.0. The molecule has 1 N–H and O–H groups in total. The minimum atomic E-state index is -0.607. The molecule has 3 heterocycles. The lowest BCUT2D eigenvalue weighted by atomic mass is 10.0. The fourth-order valence-electron chi connectivity index (χ4n) is 5.36. The Morgan fingerprint density at radius 3 is 2.66 bits per heavy atom. The van der Waals surface area contributed by atoms with Crippen LogP contribution in [0.25, 0.3) is 10.2 Å². The maximum atomic E-state index is 14.9. The third kappa shape index (κ3) is 7.46. The molecule has 1 aliphatic heterocycles. The van der Waals surface area contributed by atoms with Crippen molar-refractivity contribution >= 4 is 39.2 Å². The second-order valence-electron chi connectivity index (χ2n) is 10.8. The van der Waals surface area contributed by atoms with Gasteiger partial charge < -0.3 is 14.8 Å². The molecule has 44 heavy (non-hydrogen) atoms. The number of esters is 1. The van der Waals surface area contributed by atoms with Crippen LogP contribution in [0.2, 0.25) is 0 Å². The number of ether oxygens (including phenoxy) is 2. The van der Waals surface area contributed by atoms with Crippen molar-refractivity contribution in [2.24, 2.45) is 0 Å². The topological polar surface area (TPSA) is 97.8 Å². The van der Waals surface area contributed by atoms with E-state index in [4.69, 9.17) is 9.47 Å². The van der Waals surface area contributed by atoms with Gasteiger partial charge in [-0.25, -0.2) is 8.78 Å². The molecular formula is C33H33F2N3O5S. The zero-order chi connectivity index (χ0) is 31.2. The molecule has 1 aliphatic rings. The zero-order valence-electron chi connectivity index (χ0n) is 24.5. The number of amides is 1. The molecular weight excluding hydrogens is 588 g/mol. The van der Waals surface area contributed by atoms with Gasteiger partial charge >= 0.3 is 5.97 Å². The van der Waals surface area contributed by atoms with Gasteiger partial charge in [-0.1, -0.05) is 23.8 Å². The number of thiophene rings is 1. The van der Waals surface area contributed by atoms with E-state index < -0.39 is 11.6 Å². The standard InChI is InChI=1S/C33H33F2N3O5S/c1-20-6-9-25(34)22(15-20)17-23(39)16-21-7-8-24(18-26(21)35)43-29-10-12-36-27-19-30(44-31(27)29)32(40)37-11-4-14-38-13-3-5-28(38)33(41)42-2/h6-10,12,15,18-19,28H,3-5,11,13-14,16-17H2,1-2H3,(H,37,40).